The molecule has 766 valence electrons. The highest BCUT2D eigenvalue weighted by atomic mass is 79.9. The summed E-state index contributed by atoms with van der Waals surface area (Å²) in [5.74, 6) is 0. The minimum absolute atomic E-state index is 0. The van der Waals surface area contributed by atoms with Crippen LogP contribution in [-0.2, 0) is 21.9 Å². The van der Waals surface area contributed by atoms with Crippen molar-refractivity contribution in [1.29, 1.82) is 0 Å². The summed E-state index contributed by atoms with van der Waals surface area (Å²) >= 11 is 0. The predicted molar refractivity (Wildman–Crippen MR) is 608 cm³/mol. The zero-order valence-corrected chi connectivity index (χ0v) is 102. The molecule has 5 aromatic rings. The van der Waals surface area contributed by atoms with Crippen molar-refractivity contribution in [3.8, 4) is 11.1 Å². The van der Waals surface area contributed by atoms with E-state index >= 15 is 0 Å². The van der Waals surface area contributed by atoms with Crippen molar-refractivity contribution in [3.05, 3.63) is 179 Å². The van der Waals surface area contributed by atoms with Crippen molar-refractivity contribution in [3.63, 3.8) is 0 Å². The number of rotatable bonds is 65. The van der Waals surface area contributed by atoms with E-state index in [1.807, 2.05) is 7.11 Å². The molecule has 0 aliphatic rings. The first-order valence-corrected chi connectivity index (χ1v) is 61.6. The summed E-state index contributed by atoms with van der Waals surface area (Å²) in [6.07, 6.45) is 73.2. The number of ether oxygens (including phenoxy) is 1. The van der Waals surface area contributed by atoms with E-state index in [0.29, 0.717) is 5.16 Å². The highest BCUT2D eigenvalue weighted by Crippen LogP contribution is 2.63. The van der Waals surface area contributed by atoms with Gasteiger partial charge in [-0.1, -0.05) is 404 Å². The molecule has 0 saturated carbocycles. The Morgan fingerprint density at radius 2 is 0.608 bits per heavy atom. The number of hydrogen-bond acceptors (Lipinski definition) is 2. The van der Waals surface area contributed by atoms with Gasteiger partial charge in [-0.25, -0.2) is 0 Å². The van der Waals surface area contributed by atoms with Gasteiger partial charge in [0, 0.05) is 52.6 Å². The zero-order valence-electron chi connectivity index (χ0n) is 89.2. The molecule has 5 aromatic carbocycles. The van der Waals surface area contributed by atoms with E-state index in [-0.39, 0.29) is 111 Å². The van der Waals surface area contributed by atoms with Gasteiger partial charge in [0.15, 0.2) is 0 Å². The summed E-state index contributed by atoms with van der Waals surface area (Å²) in [7, 11) is 6.47. The number of benzene rings is 5. The lowest BCUT2D eigenvalue weighted by atomic mass is 9.78. The number of hydrogen-bond donors (Lipinski definition) is 1. The van der Waals surface area contributed by atoms with Crippen LogP contribution >= 0.6 is 77.5 Å². The van der Waals surface area contributed by atoms with E-state index in [9.17, 15) is 0 Å². The van der Waals surface area contributed by atoms with Gasteiger partial charge in [0.1, 0.15) is 0 Å². The van der Waals surface area contributed by atoms with Gasteiger partial charge in [0.05, 0.1) is 105 Å². The standard InChI is InChI=1S/C25H21P.C19H33N.C16H36N.C16H36OP.C16H36P.C15H31P.C8H20P.3BrH.4ClH/c26-25(21-14-6-2-7-15-21,22-16-8-3-9-17-22)24-19-11-10-18-23(24)20-12-4-1-5-13-20;1-4-7-12-17-13-10-11-14-18(17)19(20,15-8-5-2)16-9-6-3;1-5-9-13-17(14-10-6-2,15-11-7-3)16-12-8-4;1-5-8-13-18(14-9-6-2,15-10-7-3)16-11-12-17-4;1-5-9-13-17(14-10-6-2,15-11-7-3)16-12-8-4;1-5-8-11-14(4)15(16,12-9-6-2)13-10-7-3;1-5-9(6-2,7-3)8-4;;;;;;;/h1-19H,26H2;10-11,13-14H,4-9,12,15-16,20H2,1-3H3;5-16H2,1-4H3;5-16H2,1-4H3;5-16H2,1-4H3;4-13,16H2,1-3H3;5-8H2,1-4H3;7*1H/q;;3*+1;;+1;;;;;;;/p-4. The first-order chi connectivity index (χ1) is 59.5. The fourth-order valence-corrected chi connectivity index (χ4v) is 32.2. The lowest BCUT2D eigenvalue weighted by molar-refractivity contribution is -0.929. The van der Waals surface area contributed by atoms with Crippen molar-refractivity contribution in [1.82, 2.24) is 0 Å². The van der Waals surface area contributed by atoms with Gasteiger partial charge in [-0.3, -0.25) is 0 Å². The van der Waals surface area contributed by atoms with E-state index in [1.165, 1.54) is 356 Å². The first-order valence-electron chi connectivity index (χ1n) is 52.8. The second kappa shape index (κ2) is 96.9. The number of methoxy groups -OCH3 is 1. The summed E-state index contributed by atoms with van der Waals surface area (Å²) < 4.78 is 6.69. The smallest absolute Gasteiger partial charge is 0.0786 e. The third kappa shape index (κ3) is 63.4. The van der Waals surface area contributed by atoms with Gasteiger partial charge in [-0.15, -0.1) is 55.7 Å². The van der Waals surface area contributed by atoms with Gasteiger partial charge in [-0.05, 0) is 189 Å². The molecule has 0 heterocycles. The quantitative estimate of drug-likeness (QED) is 0.0138. The molecule has 2 unspecified atom stereocenters. The minimum atomic E-state index is -0.655. The molecule has 3 nitrogen and oxygen atoms in total. The molecule has 2 atom stereocenters. The Hall–Kier alpha value is 0.470. The molecule has 0 fully saturated rings. The van der Waals surface area contributed by atoms with E-state index in [4.69, 9.17) is 10.5 Å². The first kappa shape index (κ1) is 148. The number of nitrogens with zero attached hydrogens (tertiary/aromatic N) is 1. The van der Waals surface area contributed by atoms with Gasteiger partial charge < -0.3 is 78.3 Å². The zero-order chi connectivity index (χ0) is 92.1. The molecule has 0 radical (unpaired) electrons. The minimum Gasteiger partial charge on any atom is -1.00 e. The third-order valence-corrected chi connectivity index (χ3v) is 44.6. The summed E-state index contributed by atoms with van der Waals surface area (Å²) in [6.45, 7) is 59.7. The molecule has 0 aliphatic carbocycles. The molecule has 5 rings (SSSR count). The maximum Gasteiger partial charge on any atom is 0.0786 e. The fraction of sp³-hybridized carbons (Fsp3) is 0.722. The fourth-order valence-electron chi connectivity index (χ4n) is 18.0. The van der Waals surface area contributed by atoms with Crippen molar-refractivity contribution < 1.29 is 72.6 Å². The summed E-state index contributed by atoms with van der Waals surface area (Å²) in [4.78, 5) is 0. The normalized spacial score (nSPS) is 11.1. The van der Waals surface area contributed by atoms with Crippen LogP contribution in [0.4, 0.5) is 0 Å². The molecular formula is C115H216Br3Cl4N2OP5. The Morgan fingerprint density at radius 1 is 0.331 bits per heavy atom. The van der Waals surface area contributed by atoms with Gasteiger partial charge in [0.25, 0.3) is 0 Å². The summed E-state index contributed by atoms with van der Waals surface area (Å²) in [5.41, 5.74) is 17.4. The van der Waals surface area contributed by atoms with Crippen molar-refractivity contribution >= 4 is 77.5 Å². The van der Waals surface area contributed by atoms with Crippen LogP contribution in [0.15, 0.2) is 152 Å². The molecule has 0 bridgehead atoms. The molecule has 2 N–H and O–H groups in total. The Morgan fingerprint density at radius 3 is 0.908 bits per heavy atom. The van der Waals surface area contributed by atoms with Crippen LogP contribution in [0.25, 0.3) is 11.1 Å². The second-order valence-corrected chi connectivity index (χ2v) is 53.3. The Kier molecular flexibility index (Phi) is 111. The largest absolute Gasteiger partial charge is 1.00 e. The monoisotopic (exact) mass is 2170 g/mol. The van der Waals surface area contributed by atoms with Crippen LogP contribution in [0, 0.1) is 0 Å². The number of halogens is 7. The number of aryl methyl sites for hydroxylation is 1. The average molecular weight is 2180 g/mol. The summed E-state index contributed by atoms with van der Waals surface area (Å²) in [6, 6.07) is 49.6. The Labute approximate surface area is 877 Å². The topological polar surface area (TPSA) is 35.2 Å². The van der Waals surface area contributed by atoms with Crippen LogP contribution in [0.5, 0.6) is 0 Å². The molecule has 0 saturated heterocycles. The molecule has 0 amide bonds. The predicted octanol–water partition coefficient (Wildman–Crippen LogP) is 26.8. The number of nitrogens with two attached hydrogens (primary N) is 1. The van der Waals surface area contributed by atoms with Crippen molar-refractivity contribution in [2.75, 3.05) is 114 Å². The van der Waals surface area contributed by atoms with E-state index in [0.717, 1.165) is 19.4 Å². The lowest BCUT2D eigenvalue weighted by Crippen LogP contribution is -3.00. The molecule has 0 aromatic heterocycles. The van der Waals surface area contributed by atoms with Crippen LogP contribution in [0.2, 0.25) is 0 Å². The summed E-state index contributed by atoms with van der Waals surface area (Å²) in [5, 5.41) is 0.0240. The third-order valence-electron chi connectivity index (χ3n) is 27.2. The van der Waals surface area contributed by atoms with E-state index < -0.39 is 21.8 Å². The Balaban J connectivity index is -0.000000189. The van der Waals surface area contributed by atoms with Gasteiger partial charge in [-0.2, -0.15) is 0 Å². The van der Waals surface area contributed by atoms with Crippen LogP contribution in [-0.4, -0.2) is 123 Å². The number of unbranched alkanes of at least 4 members (excludes halogenated alkanes) is 17. The maximum atomic E-state index is 6.86. The van der Waals surface area contributed by atoms with Crippen molar-refractivity contribution in [2.45, 2.75) is 425 Å². The SMILES string of the molecule is C=C(CCCC)C(P)(CCCC)CCCC.CCCC[N+](CCCC)(CCCC)CCCC.CCCC[P+](CCCC)(CCCC)CCCC.CCCC[P+](CCCC)(CCCC)CCCOC.CCCCc1ccccc1C(N)(CCCC)CCCC.CC[P+](CC)(CC)CC.Cl.Cl.Cl.PC(c1ccccc1)(c1ccccc1)c1ccccc1-c1ccccc1.[Br-].[Br-].[Br-].[Cl-]. The maximum absolute atomic E-state index is 6.86. The highest BCUT2D eigenvalue weighted by molar-refractivity contribution is 7.76. The lowest BCUT2D eigenvalue weighted by Gasteiger charge is -2.39. The molecule has 0 aliphatic heterocycles. The highest BCUT2D eigenvalue weighted by Gasteiger charge is 2.38. The average Bonchev–Trinajstić information content (AvgIpc) is 0.752. The molecule has 130 heavy (non-hydrogen) atoms. The van der Waals surface area contributed by atoms with Crippen LogP contribution < -0.4 is 69.1 Å². The van der Waals surface area contributed by atoms with Crippen LogP contribution in [0.1, 0.15) is 430 Å². The molecule has 15 heteroatoms. The van der Waals surface area contributed by atoms with Crippen LogP contribution in [0.3, 0.4) is 0 Å². The van der Waals surface area contributed by atoms with Gasteiger partial charge in [0.2, 0.25) is 0 Å². The van der Waals surface area contributed by atoms with E-state index in [1.54, 1.807) is 43.1 Å². The molecular weight excluding hydrogens is 1960 g/mol. The number of quaternary nitrogens is 1. The second-order valence-electron chi connectivity index (χ2n) is 37.2. The van der Waals surface area contributed by atoms with E-state index in [2.05, 4.69) is 310 Å². The number of allylic oxidation sites excluding steroid dienone is 1. The van der Waals surface area contributed by atoms with Crippen molar-refractivity contribution in [2.24, 2.45) is 5.73 Å². The molecule has 0 spiro atoms. The van der Waals surface area contributed by atoms with Gasteiger partial charge >= 0.3 is 0 Å². The Bertz CT molecular complexity index is 2930.